The van der Waals surface area contributed by atoms with Gasteiger partial charge in [-0.1, -0.05) is 43.2 Å². The average molecular weight is 248 g/mol. The third-order valence-electron chi connectivity index (χ3n) is 3.24. The molecule has 1 aliphatic rings. The minimum absolute atomic E-state index is 0.296. The van der Waals surface area contributed by atoms with Gasteiger partial charge in [0.05, 0.1) is 5.84 Å². The molecule has 1 atom stereocenters. The lowest BCUT2D eigenvalue weighted by atomic mass is 10.1. The maximum Gasteiger partial charge on any atom is 0.0919 e. The zero-order valence-corrected chi connectivity index (χ0v) is 10.9. The molecule has 2 rings (SSSR count). The van der Waals surface area contributed by atoms with Gasteiger partial charge in [-0.2, -0.15) is 0 Å². The molecule has 0 bridgehead atoms. The topological polar surface area (TPSA) is 49.9 Å². The summed E-state index contributed by atoms with van der Waals surface area (Å²) in [5, 5.41) is 8.63. The first-order valence-corrected chi connectivity index (χ1v) is 7.23. The number of thioether (sulfide) groups is 1. The van der Waals surface area contributed by atoms with Crippen LogP contribution in [0.5, 0.6) is 0 Å². The highest BCUT2D eigenvalue weighted by atomic mass is 32.2. The normalized spacial score (nSPS) is 18.1. The van der Waals surface area contributed by atoms with Crippen LogP contribution in [0.2, 0.25) is 0 Å². The van der Waals surface area contributed by atoms with Crippen molar-refractivity contribution in [3.05, 3.63) is 35.9 Å². The fraction of sp³-hybridized carbons (Fsp3) is 0.500. The van der Waals surface area contributed by atoms with Crippen molar-refractivity contribution in [2.24, 2.45) is 5.73 Å². The Balaban J connectivity index is 2.04. The van der Waals surface area contributed by atoms with Gasteiger partial charge in [0.15, 0.2) is 0 Å². The second-order valence-corrected chi connectivity index (χ2v) is 6.18. The lowest BCUT2D eigenvalue weighted by molar-refractivity contribution is 0.883. The highest BCUT2D eigenvalue weighted by Gasteiger charge is 2.22. The van der Waals surface area contributed by atoms with Crippen LogP contribution in [0.3, 0.4) is 0 Å². The molecule has 1 saturated carbocycles. The van der Waals surface area contributed by atoms with E-state index in [0.29, 0.717) is 17.5 Å². The Bertz CT molecular complexity index is 358. The molecule has 1 aliphatic carbocycles. The standard InChI is InChI=1S/C14H20N2S/c15-14(16)10-13(11-6-2-1-3-7-11)17-12-8-4-5-9-12/h1-3,6-7,12-13H,4-5,8-10H2,(H3,15,16). The molecule has 3 heteroatoms. The van der Waals surface area contributed by atoms with Crippen LogP contribution in [-0.4, -0.2) is 11.1 Å². The van der Waals surface area contributed by atoms with E-state index in [1.54, 1.807) is 0 Å². The fourth-order valence-electron chi connectivity index (χ4n) is 2.37. The molecule has 0 spiro atoms. The largest absolute Gasteiger partial charge is 0.388 e. The summed E-state index contributed by atoms with van der Waals surface area (Å²) in [7, 11) is 0. The van der Waals surface area contributed by atoms with Crippen molar-refractivity contribution in [3.63, 3.8) is 0 Å². The summed E-state index contributed by atoms with van der Waals surface area (Å²) >= 11 is 2.01. The summed E-state index contributed by atoms with van der Waals surface area (Å²) in [4.78, 5) is 0. The minimum Gasteiger partial charge on any atom is -0.388 e. The Morgan fingerprint density at radius 3 is 2.53 bits per heavy atom. The summed E-state index contributed by atoms with van der Waals surface area (Å²) in [6.45, 7) is 0. The van der Waals surface area contributed by atoms with Crippen LogP contribution in [0.15, 0.2) is 30.3 Å². The first kappa shape index (κ1) is 12.5. The van der Waals surface area contributed by atoms with Crippen molar-refractivity contribution in [3.8, 4) is 0 Å². The van der Waals surface area contributed by atoms with Crippen LogP contribution in [0.4, 0.5) is 0 Å². The predicted molar refractivity (Wildman–Crippen MR) is 75.6 cm³/mol. The molecule has 0 aromatic heterocycles. The van der Waals surface area contributed by atoms with E-state index in [1.165, 1.54) is 31.2 Å². The molecule has 0 aliphatic heterocycles. The monoisotopic (exact) mass is 248 g/mol. The van der Waals surface area contributed by atoms with Crippen LogP contribution in [0, 0.1) is 5.41 Å². The number of rotatable bonds is 5. The van der Waals surface area contributed by atoms with Gasteiger partial charge in [0.25, 0.3) is 0 Å². The quantitative estimate of drug-likeness (QED) is 0.616. The van der Waals surface area contributed by atoms with Crippen LogP contribution in [-0.2, 0) is 0 Å². The smallest absolute Gasteiger partial charge is 0.0919 e. The third kappa shape index (κ3) is 3.77. The predicted octanol–water partition coefficient (Wildman–Crippen LogP) is 3.73. The van der Waals surface area contributed by atoms with Gasteiger partial charge in [-0.25, -0.2) is 0 Å². The molecule has 1 aromatic carbocycles. The van der Waals surface area contributed by atoms with Crippen LogP contribution in [0.1, 0.15) is 42.9 Å². The number of hydrogen-bond acceptors (Lipinski definition) is 2. The third-order valence-corrected chi connectivity index (χ3v) is 4.86. The summed E-state index contributed by atoms with van der Waals surface area (Å²) in [6.07, 6.45) is 6.04. The van der Waals surface area contributed by atoms with Crippen LogP contribution < -0.4 is 5.73 Å². The highest BCUT2D eigenvalue weighted by molar-refractivity contribution is 8.00. The second kappa shape index (κ2) is 6.10. The molecule has 0 amide bonds. The number of nitrogens with two attached hydrogens (primary N) is 1. The van der Waals surface area contributed by atoms with Crippen LogP contribution in [0.25, 0.3) is 0 Å². The van der Waals surface area contributed by atoms with E-state index in [2.05, 4.69) is 24.3 Å². The van der Waals surface area contributed by atoms with Crippen molar-refractivity contribution < 1.29 is 0 Å². The van der Waals surface area contributed by atoms with Gasteiger partial charge in [0, 0.05) is 16.9 Å². The molecule has 0 radical (unpaired) electrons. The van der Waals surface area contributed by atoms with E-state index in [4.69, 9.17) is 11.1 Å². The number of benzene rings is 1. The molecule has 0 heterocycles. The molecule has 1 fully saturated rings. The lowest BCUT2D eigenvalue weighted by Crippen LogP contribution is -2.14. The first-order valence-electron chi connectivity index (χ1n) is 6.29. The Morgan fingerprint density at radius 1 is 1.29 bits per heavy atom. The Hall–Kier alpha value is -0.960. The van der Waals surface area contributed by atoms with Crippen molar-refractivity contribution in [1.82, 2.24) is 0 Å². The molecule has 1 aromatic rings. The van der Waals surface area contributed by atoms with E-state index in [0.717, 1.165) is 5.25 Å². The van der Waals surface area contributed by atoms with Gasteiger partial charge in [-0.3, -0.25) is 5.41 Å². The Kier molecular flexibility index (Phi) is 4.49. The van der Waals surface area contributed by atoms with Gasteiger partial charge < -0.3 is 5.73 Å². The number of amidine groups is 1. The van der Waals surface area contributed by atoms with Gasteiger partial charge in [0.1, 0.15) is 0 Å². The molecule has 92 valence electrons. The molecule has 17 heavy (non-hydrogen) atoms. The average Bonchev–Trinajstić information content (AvgIpc) is 2.82. The highest BCUT2D eigenvalue weighted by Crippen LogP contribution is 2.41. The van der Waals surface area contributed by atoms with E-state index in [-0.39, 0.29) is 0 Å². The zero-order chi connectivity index (χ0) is 12.1. The maximum atomic E-state index is 7.51. The van der Waals surface area contributed by atoms with E-state index in [1.807, 2.05) is 17.8 Å². The minimum atomic E-state index is 0.296. The lowest BCUT2D eigenvalue weighted by Gasteiger charge is -2.20. The van der Waals surface area contributed by atoms with Crippen molar-refractivity contribution in [2.75, 3.05) is 0 Å². The van der Waals surface area contributed by atoms with E-state index < -0.39 is 0 Å². The summed E-state index contributed by atoms with van der Waals surface area (Å²) < 4.78 is 0. The van der Waals surface area contributed by atoms with Crippen LogP contribution >= 0.6 is 11.8 Å². The molecule has 3 N–H and O–H groups in total. The van der Waals surface area contributed by atoms with Gasteiger partial charge in [-0.15, -0.1) is 11.8 Å². The molecule has 1 unspecified atom stereocenters. The van der Waals surface area contributed by atoms with E-state index in [9.17, 15) is 0 Å². The Labute approximate surface area is 107 Å². The van der Waals surface area contributed by atoms with E-state index >= 15 is 0 Å². The molecular weight excluding hydrogens is 228 g/mol. The summed E-state index contributed by atoms with van der Waals surface area (Å²) in [5.41, 5.74) is 6.88. The molecular formula is C14H20N2S. The van der Waals surface area contributed by atoms with Crippen molar-refractivity contribution in [1.29, 1.82) is 5.41 Å². The summed E-state index contributed by atoms with van der Waals surface area (Å²) in [6, 6.07) is 10.5. The molecule has 0 saturated heterocycles. The number of nitrogens with one attached hydrogen (secondary N) is 1. The van der Waals surface area contributed by atoms with Crippen molar-refractivity contribution >= 4 is 17.6 Å². The first-order chi connectivity index (χ1) is 8.25. The van der Waals surface area contributed by atoms with Gasteiger partial charge in [-0.05, 0) is 18.4 Å². The van der Waals surface area contributed by atoms with Gasteiger partial charge >= 0.3 is 0 Å². The molecule has 2 nitrogen and oxygen atoms in total. The van der Waals surface area contributed by atoms with Crippen molar-refractivity contribution in [2.45, 2.75) is 42.6 Å². The summed E-state index contributed by atoms with van der Waals surface area (Å²) in [5.74, 6) is 0.296. The fourth-order valence-corrected chi connectivity index (χ4v) is 4.03. The maximum absolute atomic E-state index is 7.51. The second-order valence-electron chi connectivity index (χ2n) is 4.67. The SMILES string of the molecule is N=C(N)CC(SC1CCCC1)c1ccccc1. The van der Waals surface area contributed by atoms with Gasteiger partial charge in [0.2, 0.25) is 0 Å². The Morgan fingerprint density at radius 2 is 1.94 bits per heavy atom. The number of hydrogen-bond donors (Lipinski definition) is 2. The zero-order valence-electron chi connectivity index (χ0n) is 10.1.